The van der Waals surface area contributed by atoms with Crippen molar-refractivity contribution in [2.75, 3.05) is 52.8 Å². The second-order valence-electron chi connectivity index (χ2n) is 14.4. The topological polar surface area (TPSA) is 148 Å². The summed E-state index contributed by atoms with van der Waals surface area (Å²) in [6.07, 6.45) is 19.9. The molecule has 2 aliphatic heterocycles. The molecule has 4 aliphatic carbocycles. The number of carbonyl (C=O) groups excluding carboxylic acids is 1. The van der Waals surface area contributed by atoms with Crippen LogP contribution in [0.4, 0.5) is 0 Å². The molecule has 6 aliphatic rings. The van der Waals surface area contributed by atoms with Gasteiger partial charge in [0.1, 0.15) is 23.9 Å². The zero-order valence-electron chi connectivity index (χ0n) is 28.1. The van der Waals surface area contributed by atoms with Crippen LogP contribution in [0.1, 0.15) is 78.6 Å². The van der Waals surface area contributed by atoms with Crippen molar-refractivity contribution >= 4 is 5.97 Å². The maximum atomic E-state index is 12.8. The van der Waals surface area contributed by atoms with Crippen molar-refractivity contribution in [2.24, 2.45) is 40.2 Å². The lowest BCUT2D eigenvalue weighted by Gasteiger charge is -2.69. The van der Waals surface area contributed by atoms with Gasteiger partial charge in [-0.05, 0) is 68.8 Å². The predicted octanol–water partition coefficient (Wildman–Crippen LogP) is 3.91. The van der Waals surface area contributed by atoms with E-state index >= 15 is 0 Å². The van der Waals surface area contributed by atoms with Crippen molar-refractivity contribution in [1.82, 2.24) is 5.01 Å². The number of hydrogen-bond acceptors (Lipinski definition) is 11. The van der Waals surface area contributed by atoms with Gasteiger partial charge in [0.15, 0.2) is 0 Å². The Morgan fingerprint density at radius 1 is 0.978 bits per heavy atom. The number of aliphatic hydroxyl groups excluding tert-OH is 1. The number of carbonyl (C=O) groups is 1. The first-order chi connectivity index (χ1) is 22.1. The molecule has 6 rings (SSSR count). The molecule has 2 heterocycles. The summed E-state index contributed by atoms with van der Waals surface area (Å²) < 4.78 is 22.0. The number of ether oxygens (including phenoxy) is 4. The van der Waals surface area contributed by atoms with Gasteiger partial charge in [-0.15, -0.1) is 0 Å². The lowest BCUT2D eigenvalue weighted by atomic mass is 9.43. The Balaban J connectivity index is 1.09. The number of esters is 1. The van der Waals surface area contributed by atoms with Crippen LogP contribution in [-0.2, 0) is 33.5 Å². The van der Waals surface area contributed by atoms with Gasteiger partial charge in [-0.25, -0.2) is 20.4 Å². The van der Waals surface area contributed by atoms with Gasteiger partial charge in [0.25, 0.3) is 0 Å². The molecule has 0 amide bonds. The van der Waals surface area contributed by atoms with E-state index in [-0.39, 0.29) is 42.4 Å². The van der Waals surface area contributed by atoms with Crippen LogP contribution in [-0.4, -0.2) is 86.2 Å². The number of aliphatic hydroxyl groups is 1. The molecule has 3 saturated carbocycles. The molecule has 1 saturated heterocycles. The van der Waals surface area contributed by atoms with Gasteiger partial charge >= 0.3 is 5.97 Å². The zero-order valence-corrected chi connectivity index (χ0v) is 28.1. The van der Waals surface area contributed by atoms with Crippen LogP contribution in [0.3, 0.4) is 0 Å². The van der Waals surface area contributed by atoms with Gasteiger partial charge < -0.3 is 34.8 Å². The molecule has 260 valence electrons. The average molecular weight is 648 g/mol. The van der Waals surface area contributed by atoms with Crippen molar-refractivity contribution in [2.45, 2.75) is 95.9 Å². The van der Waals surface area contributed by atoms with Crippen LogP contribution in [0.25, 0.3) is 0 Å². The quantitative estimate of drug-likeness (QED) is 0.0527. The van der Waals surface area contributed by atoms with Gasteiger partial charge in [0.2, 0.25) is 0 Å². The molecule has 0 aromatic heterocycles. The van der Waals surface area contributed by atoms with Gasteiger partial charge in [-0.1, -0.05) is 39.0 Å². The van der Waals surface area contributed by atoms with Gasteiger partial charge in [0.05, 0.1) is 51.9 Å². The highest BCUT2D eigenvalue weighted by Crippen LogP contribution is 2.72. The van der Waals surface area contributed by atoms with Gasteiger partial charge in [-0.3, -0.25) is 0 Å². The molecule has 46 heavy (non-hydrogen) atoms. The summed E-state index contributed by atoms with van der Waals surface area (Å²) in [4.78, 5) is 25.8. The molecule has 2 bridgehead atoms. The first-order valence-corrected chi connectivity index (χ1v) is 17.4. The molecule has 4 fully saturated rings. The number of nitrogens with zero attached hydrogens (tertiary/aromatic N) is 1. The van der Waals surface area contributed by atoms with Crippen molar-refractivity contribution in [3.8, 4) is 0 Å². The Morgan fingerprint density at radius 2 is 1.78 bits per heavy atom. The Labute approximate surface area is 274 Å². The van der Waals surface area contributed by atoms with E-state index in [9.17, 15) is 4.79 Å². The Hall–Kier alpha value is -1.99. The summed E-state index contributed by atoms with van der Waals surface area (Å²) in [6, 6.07) is 0. The Kier molecular flexibility index (Phi) is 11.6. The van der Waals surface area contributed by atoms with Crippen molar-refractivity contribution in [1.29, 1.82) is 0 Å². The van der Waals surface area contributed by atoms with Crippen LogP contribution < -0.4 is 11.6 Å². The fourth-order valence-electron chi connectivity index (χ4n) is 9.45. The maximum absolute atomic E-state index is 12.8. The monoisotopic (exact) mass is 647 g/mol. The molecule has 5 N–H and O–H groups in total. The fraction of sp³-hybridized carbons (Fsp3) is 0.800. The molecular weight excluding hydrogens is 590 g/mol. The Morgan fingerprint density at radius 3 is 2.52 bits per heavy atom. The van der Waals surface area contributed by atoms with E-state index in [1.807, 2.05) is 0 Å². The highest BCUT2D eigenvalue weighted by Gasteiger charge is 2.74. The van der Waals surface area contributed by atoms with Gasteiger partial charge in [-0.2, -0.15) is 0 Å². The molecule has 2 spiro atoms. The standard InChI is InChI=1S/C35H57N3O8/c1-4-5-6-7-26-8-9-29-32(26,2)12-11-30-33(3)13-10-28(22-34(33)14-15-35(29,30)46-45-34)44-31(40)25-43-24-27(36)23-38(37)16-18-41-20-21-42-19-17-39/h5-6,14-15,23,26,28-30,39H,4,7-13,16-22,24-25,36-37H2,1-3H3/b6-5+,27-23-/t26-,28?,29?,30?,32?,33?,34+,35-/m0/s1. The average Bonchev–Trinajstić information content (AvgIpc) is 3.37. The first kappa shape index (κ1) is 35.3. The van der Waals surface area contributed by atoms with Crippen molar-refractivity contribution in [3.05, 3.63) is 36.2 Å². The third-order valence-electron chi connectivity index (χ3n) is 11.8. The molecule has 11 nitrogen and oxygen atoms in total. The minimum absolute atomic E-state index is 0.0115. The van der Waals surface area contributed by atoms with E-state index in [1.165, 1.54) is 24.3 Å². The van der Waals surface area contributed by atoms with E-state index in [1.54, 1.807) is 6.20 Å². The van der Waals surface area contributed by atoms with Crippen molar-refractivity contribution < 1.29 is 38.6 Å². The van der Waals surface area contributed by atoms with Crippen LogP contribution in [0.5, 0.6) is 0 Å². The molecule has 11 heteroatoms. The van der Waals surface area contributed by atoms with Crippen LogP contribution in [0.15, 0.2) is 36.2 Å². The normalized spacial score (nSPS) is 38.1. The summed E-state index contributed by atoms with van der Waals surface area (Å²) in [5.41, 5.74) is 5.59. The third kappa shape index (κ3) is 6.92. The lowest BCUT2D eigenvalue weighted by molar-refractivity contribution is -0.497. The number of hydrogen-bond donors (Lipinski definition) is 3. The second kappa shape index (κ2) is 15.1. The number of fused-ring (bicyclic) bond motifs is 2. The summed E-state index contributed by atoms with van der Waals surface area (Å²) in [5, 5.41) is 10.1. The largest absolute Gasteiger partial charge is 0.461 e. The van der Waals surface area contributed by atoms with E-state index < -0.39 is 11.6 Å². The van der Waals surface area contributed by atoms with Crippen LogP contribution in [0, 0.1) is 28.6 Å². The number of nitrogens with two attached hydrogens (primary N) is 2. The summed E-state index contributed by atoms with van der Waals surface area (Å²) in [5.74, 6) is 7.03. The summed E-state index contributed by atoms with van der Waals surface area (Å²) in [7, 11) is 0. The summed E-state index contributed by atoms with van der Waals surface area (Å²) in [6.45, 7) is 8.83. The van der Waals surface area contributed by atoms with E-state index in [0.29, 0.717) is 62.8 Å². The van der Waals surface area contributed by atoms with Crippen molar-refractivity contribution in [3.63, 3.8) is 0 Å². The number of allylic oxidation sites excluding steroid dienone is 2. The molecule has 0 radical (unpaired) electrons. The van der Waals surface area contributed by atoms with E-state index in [2.05, 4.69) is 45.1 Å². The molecule has 8 atom stereocenters. The zero-order chi connectivity index (χ0) is 32.8. The fourth-order valence-corrected chi connectivity index (χ4v) is 9.45. The third-order valence-corrected chi connectivity index (χ3v) is 11.8. The minimum Gasteiger partial charge on any atom is -0.461 e. The second-order valence-corrected chi connectivity index (χ2v) is 14.4. The number of hydrazine groups is 1. The molecular formula is C35H57N3O8. The predicted molar refractivity (Wildman–Crippen MR) is 172 cm³/mol. The minimum atomic E-state index is -0.604. The van der Waals surface area contributed by atoms with Gasteiger partial charge in [0, 0.05) is 29.9 Å². The highest BCUT2D eigenvalue weighted by molar-refractivity contribution is 5.71. The van der Waals surface area contributed by atoms with E-state index in [4.69, 9.17) is 45.4 Å². The Bertz CT molecular complexity index is 1130. The summed E-state index contributed by atoms with van der Waals surface area (Å²) >= 11 is 0. The van der Waals surface area contributed by atoms with E-state index in [0.717, 1.165) is 32.1 Å². The van der Waals surface area contributed by atoms with Crippen LogP contribution in [0.2, 0.25) is 0 Å². The molecule has 5 unspecified atom stereocenters. The SMILES string of the molecule is CC/C=C/C[C@H]1CCC2C1(C)CCC1C3(C)CCC(OC(=O)COC/C(N)=C/N(N)CCOCCOCCO)C[C@]34C=C[C@]21OO4. The smallest absolute Gasteiger partial charge is 0.332 e. The molecule has 0 aromatic carbocycles. The van der Waals surface area contributed by atoms with Crippen LogP contribution >= 0.6 is 0 Å². The highest BCUT2D eigenvalue weighted by atomic mass is 17.2. The lowest BCUT2D eigenvalue weighted by Crippen LogP contribution is -2.73. The first-order valence-electron chi connectivity index (χ1n) is 17.4. The number of rotatable bonds is 17. The maximum Gasteiger partial charge on any atom is 0.332 e. The molecule has 0 aromatic rings.